The van der Waals surface area contributed by atoms with Gasteiger partial charge in [-0.3, -0.25) is 9.69 Å². The van der Waals surface area contributed by atoms with E-state index < -0.39 is 0 Å². The molecule has 1 amide bonds. The van der Waals surface area contributed by atoms with Gasteiger partial charge >= 0.3 is 0 Å². The lowest BCUT2D eigenvalue weighted by Gasteiger charge is -2.31. The maximum absolute atomic E-state index is 12.6. The van der Waals surface area contributed by atoms with Gasteiger partial charge in [-0.05, 0) is 63.9 Å². The number of aryl methyl sites for hydroxylation is 2. The lowest BCUT2D eigenvalue weighted by Crippen LogP contribution is -2.38. The van der Waals surface area contributed by atoms with Crippen LogP contribution in [0.5, 0.6) is 11.5 Å². The molecule has 0 spiro atoms. The van der Waals surface area contributed by atoms with Crippen molar-refractivity contribution in [3.63, 3.8) is 0 Å². The van der Waals surface area contributed by atoms with Crippen molar-refractivity contribution in [2.45, 2.75) is 33.2 Å². The number of hydrogen-bond acceptors (Lipinski definition) is 5. The molecule has 0 aliphatic carbocycles. The predicted octanol–water partition coefficient (Wildman–Crippen LogP) is 3.56. The largest absolute Gasteiger partial charge is 0.493 e. The average Bonchev–Trinajstić information content (AvgIpc) is 3.03. The first-order valence-corrected chi connectivity index (χ1v) is 9.79. The van der Waals surface area contributed by atoms with Crippen LogP contribution in [0.25, 0.3) is 0 Å². The fourth-order valence-electron chi connectivity index (χ4n) is 3.83. The zero-order chi connectivity index (χ0) is 20.1. The Morgan fingerprint density at radius 1 is 1.21 bits per heavy atom. The number of benzene rings is 1. The highest BCUT2D eigenvalue weighted by Gasteiger charge is 2.22. The van der Waals surface area contributed by atoms with Crippen LogP contribution in [-0.4, -0.2) is 44.7 Å². The molecule has 1 aromatic carbocycles. The van der Waals surface area contributed by atoms with Crippen molar-refractivity contribution in [1.82, 2.24) is 10.2 Å². The van der Waals surface area contributed by atoms with E-state index in [2.05, 4.69) is 16.3 Å². The molecule has 0 saturated carbocycles. The smallest absolute Gasteiger partial charge is 0.255 e. The van der Waals surface area contributed by atoms with Gasteiger partial charge in [-0.2, -0.15) is 0 Å². The minimum Gasteiger partial charge on any atom is -0.493 e. The number of nitrogens with zero attached hydrogens (tertiary/aromatic N) is 1. The second kappa shape index (κ2) is 9.15. The van der Waals surface area contributed by atoms with Gasteiger partial charge in [0.25, 0.3) is 5.91 Å². The number of methoxy groups -OCH3 is 2. The third kappa shape index (κ3) is 4.68. The lowest BCUT2D eigenvalue weighted by molar-refractivity contribution is 0.0931. The number of ether oxygens (including phenoxy) is 2. The molecule has 0 unspecified atom stereocenters. The van der Waals surface area contributed by atoms with Crippen molar-refractivity contribution < 1.29 is 18.7 Å². The lowest BCUT2D eigenvalue weighted by atomic mass is 9.96. The Kier molecular flexibility index (Phi) is 6.62. The second-order valence-corrected chi connectivity index (χ2v) is 7.41. The van der Waals surface area contributed by atoms with Gasteiger partial charge in [0.2, 0.25) is 0 Å². The fraction of sp³-hybridized carbons (Fsp3) is 0.500. The highest BCUT2D eigenvalue weighted by atomic mass is 16.5. The van der Waals surface area contributed by atoms with Gasteiger partial charge < -0.3 is 19.2 Å². The number of carbonyl (C=O) groups excluding carboxylic acids is 1. The predicted molar refractivity (Wildman–Crippen MR) is 108 cm³/mol. The van der Waals surface area contributed by atoms with Crippen LogP contribution in [0.2, 0.25) is 0 Å². The van der Waals surface area contributed by atoms with Crippen LogP contribution in [0.1, 0.15) is 40.3 Å². The molecular weight excluding hydrogens is 356 g/mol. The van der Waals surface area contributed by atoms with Gasteiger partial charge in [-0.15, -0.1) is 0 Å². The summed E-state index contributed by atoms with van der Waals surface area (Å²) in [7, 11) is 3.12. The van der Waals surface area contributed by atoms with Crippen LogP contribution in [0, 0.1) is 19.8 Å². The Hall–Kier alpha value is -2.47. The van der Waals surface area contributed by atoms with Gasteiger partial charge in [-0.25, -0.2) is 0 Å². The van der Waals surface area contributed by atoms with Gasteiger partial charge in [0.15, 0.2) is 11.5 Å². The Labute approximate surface area is 166 Å². The highest BCUT2D eigenvalue weighted by molar-refractivity contribution is 5.97. The highest BCUT2D eigenvalue weighted by Crippen LogP contribution is 2.30. The zero-order valence-corrected chi connectivity index (χ0v) is 17.2. The number of nitrogens with one attached hydrogen (secondary N) is 1. The minimum atomic E-state index is -0.123. The van der Waals surface area contributed by atoms with Crippen LogP contribution in [-0.2, 0) is 6.54 Å². The van der Waals surface area contributed by atoms with E-state index in [1.165, 1.54) is 5.56 Å². The van der Waals surface area contributed by atoms with Gasteiger partial charge in [-0.1, -0.05) is 6.07 Å². The van der Waals surface area contributed by atoms with E-state index >= 15 is 0 Å². The summed E-state index contributed by atoms with van der Waals surface area (Å²) in [6.45, 7) is 7.69. The van der Waals surface area contributed by atoms with Crippen molar-refractivity contribution in [3.05, 3.63) is 46.9 Å². The zero-order valence-electron chi connectivity index (χ0n) is 17.2. The Balaban J connectivity index is 1.49. The Morgan fingerprint density at radius 2 is 1.96 bits per heavy atom. The van der Waals surface area contributed by atoms with Crippen LogP contribution in [0.3, 0.4) is 0 Å². The van der Waals surface area contributed by atoms with E-state index in [1.807, 2.05) is 13.8 Å². The number of carbonyl (C=O) groups is 1. The first kappa shape index (κ1) is 20.3. The summed E-state index contributed by atoms with van der Waals surface area (Å²) in [6, 6.07) is 7.47. The van der Waals surface area contributed by atoms with Gasteiger partial charge in [0, 0.05) is 18.7 Å². The molecular formula is C22H30N2O4. The maximum Gasteiger partial charge on any atom is 0.255 e. The molecule has 0 radical (unpaired) electrons. The van der Waals surface area contributed by atoms with Crippen LogP contribution < -0.4 is 14.8 Å². The number of para-hydroxylation sites is 1. The molecule has 0 atom stereocenters. The molecule has 1 aromatic heterocycles. The van der Waals surface area contributed by atoms with Crippen LogP contribution in [0.15, 0.2) is 28.7 Å². The van der Waals surface area contributed by atoms with E-state index in [1.54, 1.807) is 32.4 Å². The first-order valence-electron chi connectivity index (χ1n) is 9.79. The van der Waals surface area contributed by atoms with Crippen molar-refractivity contribution in [3.8, 4) is 11.5 Å². The van der Waals surface area contributed by atoms with E-state index in [0.717, 1.165) is 44.0 Å². The molecule has 1 N–H and O–H groups in total. The molecule has 152 valence electrons. The third-order valence-electron chi connectivity index (χ3n) is 5.44. The van der Waals surface area contributed by atoms with Crippen molar-refractivity contribution in [2.24, 2.45) is 5.92 Å². The SMILES string of the molecule is COc1cccc(C(=O)NCC2CCN(Cc3cc(C)oc3C)CC2)c1OC. The fourth-order valence-corrected chi connectivity index (χ4v) is 3.83. The van der Waals surface area contributed by atoms with Crippen molar-refractivity contribution in [2.75, 3.05) is 33.9 Å². The number of rotatable bonds is 7. The Bertz CT molecular complexity index is 807. The first-order chi connectivity index (χ1) is 13.5. The standard InChI is InChI=1S/C22H30N2O4/c1-15-12-18(16(2)28-15)14-24-10-8-17(9-11-24)13-23-22(25)19-6-5-7-20(26-3)21(19)27-4/h5-7,12,17H,8-11,13-14H2,1-4H3,(H,23,25). The maximum atomic E-state index is 12.6. The summed E-state index contributed by atoms with van der Waals surface area (Å²) in [5.41, 5.74) is 1.78. The summed E-state index contributed by atoms with van der Waals surface area (Å²) < 4.78 is 16.3. The molecule has 1 saturated heterocycles. The number of amides is 1. The van der Waals surface area contributed by atoms with E-state index in [-0.39, 0.29) is 5.91 Å². The molecule has 2 heterocycles. The summed E-state index contributed by atoms with van der Waals surface area (Å²) >= 11 is 0. The number of piperidine rings is 1. The van der Waals surface area contributed by atoms with Crippen LogP contribution >= 0.6 is 0 Å². The van der Waals surface area contributed by atoms with Gasteiger partial charge in [0.1, 0.15) is 11.5 Å². The molecule has 1 aliphatic rings. The molecule has 0 bridgehead atoms. The number of furan rings is 1. The van der Waals surface area contributed by atoms with Gasteiger partial charge in [0.05, 0.1) is 19.8 Å². The number of likely N-dealkylation sites (tertiary alicyclic amines) is 1. The molecule has 2 aromatic rings. The summed E-state index contributed by atoms with van der Waals surface area (Å²) in [6.07, 6.45) is 2.15. The summed E-state index contributed by atoms with van der Waals surface area (Å²) in [5.74, 6) is 3.39. The topological polar surface area (TPSA) is 63.9 Å². The quantitative estimate of drug-likeness (QED) is 0.788. The van der Waals surface area contributed by atoms with Crippen molar-refractivity contribution >= 4 is 5.91 Å². The summed E-state index contributed by atoms with van der Waals surface area (Å²) in [4.78, 5) is 15.1. The van der Waals surface area contributed by atoms with E-state index in [4.69, 9.17) is 13.9 Å². The molecule has 28 heavy (non-hydrogen) atoms. The number of hydrogen-bond donors (Lipinski definition) is 1. The average molecular weight is 386 g/mol. The molecule has 1 aliphatic heterocycles. The minimum absolute atomic E-state index is 0.123. The third-order valence-corrected chi connectivity index (χ3v) is 5.44. The van der Waals surface area contributed by atoms with E-state index in [0.29, 0.717) is 29.5 Å². The van der Waals surface area contributed by atoms with E-state index in [9.17, 15) is 4.79 Å². The van der Waals surface area contributed by atoms with Crippen LogP contribution in [0.4, 0.5) is 0 Å². The Morgan fingerprint density at radius 3 is 2.57 bits per heavy atom. The normalized spacial score (nSPS) is 15.4. The van der Waals surface area contributed by atoms with Crippen molar-refractivity contribution in [1.29, 1.82) is 0 Å². The summed E-state index contributed by atoms with van der Waals surface area (Å²) in [5, 5.41) is 3.06. The molecule has 3 rings (SSSR count). The monoisotopic (exact) mass is 386 g/mol. The molecule has 1 fully saturated rings. The second-order valence-electron chi connectivity index (χ2n) is 7.41. The molecule has 6 heteroatoms. The molecule has 6 nitrogen and oxygen atoms in total.